The van der Waals surface area contributed by atoms with E-state index in [1.165, 1.54) is 11.1 Å². The number of allylic oxidation sites excluding steroid dienone is 2. The Morgan fingerprint density at radius 2 is 1.59 bits per heavy atom. The largest absolute Gasteiger partial charge is 0.748 e. The van der Waals surface area contributed by atoms with Gasteiger partial charge in [-0.25, -0.2) is 8.42 Å². The Morgan fingerprint density at radius 1 is 0.922 bits per heavy atom. The third-order valence-electron chi connectivity index (χ3n) is 10.6. The quantitative estimate of drug-likeness (QED) is 0.159. The molecule has 0 aliphatic heterocycles. The van der Waals surface area contributed by atoms with Crippen LogP contribution in [0, 0.1) is 18.3 Å². The van der Waals surface area contributed by atoms with Crippen LogP contribution in [0.4, 0.5) is 5.69 Å². The van der Waals surface area contributed by atoms with Gasteiger partial charge in [-0.15, -0.1) is 0 Å². The van der Waals surface area contributed by atoms with Crippen LogP contribution in [0.15, 0.2) is 97.1 Å². The molecule has 2 amide bonds. The minimum atomic E-state index is -4.43. The lowest BCUT2D eigenvalue weighted by Crippen LogP contribution is -2.30. The van der Waals surface area contributed by atoms with Crippen LogP contribution in [0.5, 0.6) is 0 Å². The van der Waals surface area contributed by atoms with Crippen molar-refractivity contribution in [3.63, 3.8) is 0 Å². The third kappa shape index (κ3) is 8.30. The molecular formula is C42H44ClN2O5S-. The number of hydrogen-bond acceptors (Lipinski definition) is 5. The van der Waals surface area contributed by atoms with E-state index in [0.29, 0.717) is 28.6 Å². The first kappa shape index (κ1) is 36.5. The molecule has 0 aromatic heterocycles. The van der Waals surface area contributed by atoms with Crippen molar-refractivity contribution >= 4 is 44.8 Å². The molecule has 1 fully saturated rings. The van der Waals surface area contributed by atoms with Crippen molar-refractivity contribution in [2.75, 3.05) is 17.6 Å². The van der Waals surface area contributed by atoms with Crippen molar-refractivity contribution in [1.29, 1.82) is 0 Å². The molecule has 1 unspecified atom stereocenters. The molecule has 2 N–H and O–H groups in total. The van der Waals surface area contributed by atoms with Crippen LogP contribution in [0.2, 0.25) is 5.02 Å². The van der Waals surface area contributed by atoms with Gasteiger partial charge in [0.2, 0.25) is 5.91 Å². The van der Waals surface area contributed by atoms with Gasteiger partial charge >= 0.3 is 0 Å². The Kier molecular flexibility index (Phi) is 10.3. The van der Waals surface area contributed by atoms with Crippen molar-refractivity contribution in [2.24, 2.45) is 11.3 Å². The van der Waals surface area contributed by atoms with E-state index >= 15 is 0 Å². The first-order chi connectivity index (χ1) is 24.1. The maximum absolute atomic E-state index is 14.3. The van der Waals surface area contributed by atoms with Crippen LogP contribution in [0.3, 0.4) is 0 Å². The first-order valence-electron chi connectivity index (χ1n) is 17.4. The van der Waals surface area contributed by atoms with Crippen LogP contribution in [-0.2, 0) is 20.3 Å². The minimum absolute atomic E-state index is 0.0961. The fourth-order valence-electron chi connectivity index (χ4n) is 7.42. The minimum Gasteiger partial charge on any atom is -0.748 e. The number of nitrogens with one attached hydrogen (secondary N) is 2. The number of halogens is 1. The molecule has 51 heavy (non-hydrogen) atoms. The van der Waals surface area contributed by atoms with Crippen LogP contribution in [-0.4, -0.2) is 37.1 Å². The van der Waals surface area contributed by atoms with Gasteiger partial charge in [0.15, 0.2) is 0 Å². The number of carbonyl (C=O) groups is 2. The molecule has 1 saturated carbocycles. The van der Waals surface area contributed by atoms with Gasteiger partial charge in [-0.3, -0.25) is 9.59 Å². The van der Waals surface area contributed by atoms with E-state index in [4.69, 9.17) is 11.6 Å². The molecule has 6 rings (SSSR count). The van der Waals surface area contributed by atoms with Gasteiger partial charge in [0.1, 0.15) is 0 Å². The van der Waals surface area contributed by atoms with Gasteiger partial charge in [0.25, 0.3) is 5.91 Å². The standard InChI is InChI=1S/C42H45ClN2O5S/c1-27-25-35(43)19-22-37(27)30-13-20-36(21-14-30)45-40(47)42(34-17-11-29(12-18-34)28-9-15-33(16-10-28)41(2,3)4)26-38(42)31-5-7-32(8-6-31)39(46)44-23-24-51(48,49)50/h5-9,11-14,17-22,25,33,38H,10,15-16,23-24,26H2,1-4H3,(H,44,46)(H,45,47)(H,48,49,50)/p-1/t33-,38-,42?/m0/s1. The SMILES string of the molecule is Cc1cc(Cl)ccc1-c1ccc(NC(=O)C2(c3ccc(C4=CC[C@H](C(C)(C)C)CC4)cc3)C[C@H]2c2ccc(C(=O)NCCS(=O)(=O)[O-])cc2)cc1. The van der Waals surface area contributed by atoms with Crippen LogP contribution >= 0.6 is 11.6 Å². The summed E-state index contributed by atoms with van der Waals surface area (Å²) in [4.78, 5) is 26.9. The summed E-state index contributed by atoms with van der Waals surface area (Å²) >= 11 is 6.17. The molecule has 4 aromatic carbocycles. The summed E-state index contributed by atoms with van der Waals surface area (Å²) in [5.41, 5.74) is 8.08. The lowest BCUT2D eigenvalue weighted by atomic mass is 9.72. The van der Waals surface area contributed by atoms with E-state index in [9.17, 15) is 22.6 Å². The van der Waals surface area contributed by atoms with Crippen molar-refractivity contribution in [3.05, 3.63) is 130 Å². The molecule has 4 aromatic rings. The Labute approximate surface area is 306 Å². The normalized spacial score (nSPS) is 20.3. The molecule has 2 aliphatic rings. The number of amides is 2. The van der Waals surface area contributed by atoms with Gasteiger partial charge in [0, 0.05) is 28.7 Å². The highest BCUT2D eigenvalue weighted by atomic mass is 35.5. The van der Waals surface area contributed by atoms with Crippen molar-refractivity contribution in [2.45, 2.75) is 64.7 Å². The zero-order valence-corrected chi connectivity index (χ0v) is 31.0. The molecule has 0 heterocycles. The highest BCUT2D eigenvalue weighted by Gasteiger charge is 2.61. The topological polar surface area (TPSA) is 115 Å². The van der Waals surface area contributed by atoms with Gasteiger partial charge in [0.05, 0.1) is 21.3 Å². The highest BCUT2D eigenvalue weighted by molar-refractivity contribution is 7.85. The first-order valence-corrected chi connectivity index (χ1v) is 19.4. The predicted octanol–water partition coefficient (Wildman–Crippen LogP) is 8.88. The van der Waals surface area contributed by atoms with E-state index in [1.807, 2.05) is 61.5 Å². The van der Waals surface area contributed by atoms with Crippen LogP contribution in [0.25, 0.3) is 16.7 Å². The van der Waals surface area contributed by atoms with Gasteiger partial charge in [-0.2, -0.15) is 0 Å². The summed E-state index contributed by atoms with van der Waals surface area (Å²) in [6.07, 6.45) is 6.24. The average Bonchev–Trinajstić information content (AvgIpc) is 3.85. The summed E-state index contributed by atoms with van der Waals surface area (Å²) in [5.74, 6) is -0.697. The van der Waals surface area contributed by atoms with E-state index < -0.39 is 27.2 Å². The summed E-state index contributed by atoms with van der Waals surface area (Å²) in [6.45, 7) is 8.69. The average molecular weight is 724 g/mol. The predicted molar refractivity (Wildman–Crippen MR) is 204 cm³/mol. The number of hydrogen-bond donors (Lipinski definition) is 2. The Hall–Kier alpha value is -4.24. The van der Waals surface area contributed by atoms with Crippen molar-refractivity contribution in [3.8, 4) is 11.1 Å². The monoisotopic (exact) mass is 723 g/mol. The van der Waals surface area contributed by atoms with Crippen LogP contribution in [0.1, 0.15) is 85.0 Å². The molecule has 9 heteroatoms. The molecule has 0 spiro atoms. The number of carbonyl (C=O) groups excluding carboxylic acids is 2. The number of rotatable bonds is 10. The third-order valence-corrected chi connectivity index (χ3v) is 11.6. The lowest BCUT2D eigenvalue weighted by Gasteiger charge is -2.33. The fraction of sp³-hybridized carbons (Fsp3) is 0.333. The molecule has 266 valence electrons. The summed E-state index contributed by atoms with van der Waals surface area (Å²) < 4.78 is 32.8. The maximum atomic E-state index is 14.3. The highest BCUT2D eigenvalue weighted by Crippen LogP contribution is 2.61. The van der Waals surface area contributed by atoms with Crippen molar-refractivity contribution < 1.29 is 22.6 Å². The molecule has 0 saturated heterocycles. The molecule has 0 radical (unpaired) electrons. The number of anilines is 1. The number of aryl methyl sites for hydroxylation is 1. The maximum Gasteiger partial charge on any atom is 0.251 e. The Bertz CT molecular complexity index is 2070. The smallest absolute Gasteiger partial charge is 0.251 e. The van der Waals surface area contributed by atoms with Gasteiger partial charge < -0.3 is 15.2 Å². The molecule has 0 bridgehead atoms. The van der Waals surface area contributed by atoms with E-state index in [1.54, 1.807) is 12.1 Å². The molecular weight excluding hydrogens is 680 g/mol. The summed E-state index contributed by atoms with van der Waals surface area (Å²) in [7, 11) is -4.43. The summed E-state index contributed by atoms with van der Waals surface area (Å²) in [5, 5.41) is 6.36. The van der Waals surface area contributed by atoms with Gasteiger partial charge in [-0.1, -0.05) is 93.0 Å². The second-order valence-electron chi connectivity index (χ2n) is 15.0. The van der Waals surface area contributed by atoms with E-state index in [-0.39, 0.29) is 23.8 Å². The van der Waals surface area contributed by atoms with Gasteiger partial charge in [-0.05, 0) is 119 Å². The molecule has 7 nitrogen and oxygen atoms in total. The second kappa shape index (κ2) is 14.4. The van der Waals surface area contributed by atoms with Crippen LogP contribution < -0.4 is 10.6 Å². The molecule has 2 aliphatic carbocycles. The molecule has 3 atom stereocenters. The fourth-order valence-corrected chi connectivity index (χ4v) is 7.99. The second-order valence-corrected chi connectivity index (χ2v) is 17.0. The summed E-state index contributed by atoms with van der Waals surface area (Å²) in [6, 6.07) is 29.1. The number of benzene rings is 4. The van der Waals surface area contributed by atoms with Crippen molar-refractivity contribution in [1.82, 2.24) is 5.32 Å². The zero-order chi connectivity index (χ0) is 36.6. The van der Waals surface area contributed by atoms with E-state index in [2.05, 4.69) is 61.7 Å². The zero-order valence-electron chi connectivity index (χ0n) is 29.5. The van der Waals surface area contributed by atoms with E-state index in [0.717, 1.165) is 47.1 Å². The Morgan fingerprint density at radius 3 is 2.18 bits per heavy atom. The Balaban J connectivity index is 1.24. The lowest BCUT2D eigenvalue weighted by molar-refractivity contribution is -0.118.